The van der Waals surface area contributed by atoms with E-state index in [1.807, 2.05) is 24.3 Å². The fourth-order valence-corrected chi connectivity index (χ4v) is 2.91. The first kappa shape index (κ1) is 13.0. The van der Waals surface area contributed by atoms with Crippen LogP contribution in [0.4, 0.5) is 5.69 Å². The Bertz CT molecular complexity index is 533. The molecule has 1 aliphatic carbocycles. The van der Waals surface area contributed by atoms with Crippen LogP contribution < -0.4 is 10.6 Å². The summed E-state index contributed by atoms with van der Waals surface area (Å²) in [5.74, 6) is 0.941. The van der Waals surface area contributed by atoms with E-state index >= 15 is 0 Å². The molecule has 3 nitrogen and oxygen atoms in total. The van der Waals surface area contributed by atoms with Gasteiger partial charge in [0.15, 0.2) is 0 Å². The Kier molecular flexibility index (Phi) is 3.86. The van der Waals surface area contributed by atoms with Crippen molar-refractivity contribution in [3.8, 4) is 0 Å². The Balaban J connectivity index is 0.000000121. The molecule has 4 rings (SSSR count). The summed E-state index contributed by atoms with van der Waals surface area (Å²) in [7, 11) is 0. The molecule has 3 aliphatic rings. The smallest absolute Gasteiger partial charge is 0.228 e. The van der Waals surface area contributed by atoms with Crippen LogP contribution >= 0.6 is 0 Å². The summed E-state index contributed by atoms with van der Waals surface area (Å²) < 4.78 is 0. The summed E-state index contributed by atoms with van der Waals surface area (Å²) >= 11 is 0. The number of benzene rings is 1. The van der Waals surface area contributed by atoms with Gasteiger partial charge in [-0.2, -0.15) is 0 Å². The van der Waals surface area contributed by atoms with Gasteiger partial charge in [-0.3, -0.25) is 4.79 Å². The zero-order valence-corrected chi connectivity index (χ0v) is 11.6. The highest BCUT2D eigenvalue weighted by Crippen LogP contribution is 2.26. The zero-order chi connectivity index (χ0) is 13.8. The van der Waals surface area contributed by atoms with Crippen LogP contribution in [0.3, 0.4) is 0 Å². The van der Waals surface area contributed by atoms with Crippen LogP contribution in [0.2, 0.25) is 0 Å². The largest absolute Gasteiger partial charge is 0.388 e. The molecule has 2 aliphatic heterocycles. The number of fused-ring (bicyclic) bond motifs is 2. The second kappa shape index (κ2) is 5.95. The van der Waals surface area contributed by atoms with Gasteiger partial charge in [0.2, 0.25) is 5.91 Å². The molecule has 0 saturated carbocycles. The molecule has 3 heteroatoms. The Morgan fingerprint density at radius 2 is 2.05 bits per heavy atom. The quantitative estimate of drug-likeness (QED) is 0.759. The van der Waals surface area contributed by atoms with E-state index in [2.05, 4.69) is 28.9 Å². The lowest BCUT2D eigenvalue weighted by Crippen LogP contribution is -2.05. The molecular formula is C17H20N2O. The molecular weight excluding hydrogens is 248 g/mol. The molecule has 104 valence electrons. The van der Waals surface area contributed by atoms with Crippen molar-refractivity contribution in [2.24, 2.45) is 5.92 Å². The van der Waals surface area contributed by atoms with Gasteiger partial charge in [-0.25, -0.2) is 0 Å². The van der Waals surface area contributed by atoms with Crippen LogP contribution in [-0.2, 0) is 11.2 Å². The molecule has 1 unspecified atom stereocenters. The number of hydrogen-bond donors (Lipinski definition) is 2. The maximum absolute atomic E-state index is 10.8. The van der Waals surface area contributed by atoms with Crippen LogP contribution in [0.1, 0.15) is 24.8 Å². The van der Waals surface area contributed by atoms with Crippen molar-refractivity contribution in [2.75, 3.05) is 11.9 Å². The van der Waals surface area contributed by atoms with Crippen molar-refractivity contribution in [3.63, 3.8) is 0 Å². The Morgan fingerprint density at radius 3 is 2.95 bits per heavy atom. The molecule has 1 aromatic rings. The minimum absolute atomic E-state index is 0.0983. The van der Waals surface area contributed by atoms with Gasteiger partial charge in [0.1, 0.15) is 0 Å². The summed E-state index contributed by atoms with van der Waals surface area (Å²) in [5, 5.41) is 6.17. The summed E-state index contributed by atoms with van der Waals surface area (Å²) in [4.78, 5) is 10.8. The summed E-state index contributed by atoms with van der Waals surface area (Å²) in [5.41, 5.74) is 3.54. The number of hydrogen-bond acceptors (Lipinski definition) is 2. The molecule has 0 bridgehead atoms. The lowest BCUT2D eigenvalue weighted by Gasteiger charge is -2.06. The Morgan fingerprint density at radius 1 is 1.15 bits per heavy atom. The number of rotatable bonds is 0. The van der Waals surface area contributed by atoms with Gasteiger partial charge in [-0.05, 0) is 37.0 Å². The molecule has 1 aromatic carbocycles. The second-order valence-corrected chi connectivity index (χ2v) is 5.42. The van der Waals surface area contributed by atoms with Gasteiger partial charge >= 0.3 is 0 Å². The SMILES string of the molecule is C1=CCCC2CCNC2=C1.O=C1Cc2ccccc2N1. The van der Waals surface area contributed by atoms with Crippen molar-refractivity contribution < 1.29 is 4.79 Å². The average Bonchev–Trinajstić information content (AvgIpc) is 2.99. The first-order valence-corrected chi connectivity index (χ1v) is 7.31. The van der Waals surface area contributed by atoms with E-state index in [0.29, 0.717) is 6.42 Å². The third kappa shape index (κ3) is 2.93. The summed E-state index contributed by atoms with van der Waals surface area (Å²) in [6.45, 7) is 1.18. The van der Waals surface area contributed by atoms with Crippen molar-refractivity contribution in [3.05, 3.63) is 53.8 Å². The molecule has 2 heterocycles. The standard InChI is InChI=1S/C9H13N.C8H7NO/c1-2-4-8-6-7-10-9(8)5-3-1;10-8-5-6-3-1-2-4-7(6)9-8/h1,3,5,8,10H,2,4,6-7H2;1-4H,5H2,(H,9,10). The van der Waals surface area contributed by atoms with E-state index in [4.69, 9.17) is 0 Å². The Hall–Kier alpha value is -2.03. The highest BCUT2D eigenvalue weighted by Gasteiger charge is 2.19. The van der Waals surface area contributed by atoms with Crippen molar-refractivity contribution in [1.29, 1.82) is 0 Å². The van der Waals surface area contributed by atoms with Gasteiger partial charge in [0.05, 0.1) is 6.42 Å². The fraction of sp³-hybridized carbons (Fsp3) is 0.353. The molecule has 1 saturated heterocycles. The third-order valence-corrected chi connectivity index (χ3v) is 4.00. The molecule has 20 heavy (non-hydrogen) atoms. The van der Waals surface area contributed by atoms with E-state index in [-0.39, 0.29) is 5.91 Å². The predicted molar refractivity (Wildman–Crippen MR) is 81.3 cm³/mol. The maximum atomic E-state index is 10.8. The first-order valence-electron chi connectivity index (χ1n) is 7.31. The second-order valence-electron chi connectivity index (χ2n) is 5.42. The lowest BCUT2D eigenvalue weighted by atomic mass is 10.0. The molecule has 0 spiro atoms. The number of carbonyl (C=O) groups excluding carboxylic acids is 1. The van der Waals surface area contributed by atoms with Crippen LogP contribution in [0.5, 0.6) is 0 Å². The van der Waals surface area contributed by atoms with Crippen molar-refractivity contribution >= 4 is 11.6 Å². The number of amides is 1. The number of allylic oxidation sites excluding steroid dienone is 4. The van der Waals surface area contributed by atoms with Crippen LogP contribution in [0, 0.1) is 5.92 Å². The predicted octanol–water partition coefficient (Wildman–Crippen LogP) is 3.01. The monoisotopic (exact) mass is 268 g/mol. The molecule has 1 fully saturated rings. The average molecular weight is 268 g/mol. The number of nitrogens with one attached hydrogen (secondary N) is 2. The van der Waals surface area contributed by atoms with Crippen molar-refractivity contribution in [1.82, 2.24) is 5.32 Å². The minimum atomic E-state index is 0.0983. The van der Waals surface area contributed by atoms with Crippen LogP contribution in [0.25, 0.3) is 0 Å². The van der Waals surface area contributed by atoms with E-state index in [9.17, 15) is 4.79 Å². The molecule has 1 amide bonds. The van der Waals surface area contributed by atoms with E-state index in [1.54, 1.807) is 0 Å². The van der Waals surface area contributed by atoms with Crippen LogP contribution in [0.15, 0.2) is 48.2 Å². The first-order chi connectivity index (χ1) is 9.83. The fourth-order valence-electron chi connectivity index (χ4n) is 2.91. The normalized spacial score (nSPS) is 22.5. The number of carbonyl (C=O) groups is 1. The highest BCUT2D eigenvalue weighted by molar-refractivity contribution is 5.98. The van der Waals surface area contributed by atoms with E-state index in [0.717, 1.165) is 17.2 Å². The number of para-hydroxylation sites is 1. The molecule has 2 N–H and O–H groups in total. The van der Waals surface area contributed by atoms with Gasteiger partial charge in [-0.15, -0.1) is 0 Å². The Labute approximate surface area is 119 Å². The lowest BCUT2D eigenvalue weighted by molar-refractivity contribution is -0.115. The third-order valence-electron chi connectivity index (χ3n) is 4.00. The molecule has 0 radical (unpaired) electrons. The van der Waals surface area contributed by atoms with Gasteiger partial charge < -0.3 is 10.6 Å². The van der Waals surface area contributed by atoms with E-state index in [1.165, 1.54) is 31.5 Å². The number of anilines is 1. The van der Waals surface area contributed by atoms with E-state index < -0.39 is 0 Å². The van der Waals surface area contributed by atoms with Crippen LogP contribution in [-0.4, -0.2) is 12.5 Å². The summed E-state index contributed by atoms with van der Waals surface area (Å²) in [6, 6.07) is 7.75. The summed E-state index contributed by atoms with van der Waals surface area (Å²) in [6.07, 6.45) is 11.1. The zero-order valence-electron chi connectivity index (χ0n) is 11.6. The van der Waals surface area contributed by atoms with Crippen molar-refractivity contribution in [2.45, 2.75) is 25.7 Å². The molecule has 1 atom stereocenters. The molecule has 0 aromatic heterocycles. The highest BCUT2D eigenvalue weighted by atomic mass is 16.1. The maximum Gasteiger partial charge on any atom is 0.228 e. The van der Waals surface area contributed by atoms with Gasteiger partial charge in [0, 0.05) is 23.8 Å². The topological polar surface area (TPSA) is 41.1 Å². The van der Waals surface area contributed by atoms with Gasteiger partial charge in [0.25, 0.3) is 0 Å². The van der Waals surface area contributed by atoms with Gasteiger partial charge in [-0.1, -0.05) is 30.4 Å². The minimum Gasteiger partial charge on any atom is -0.388 e.